The summed E-state index contributed by atoms with van der Waals surface area (Å²) in [5.74, 6) is 0.133. The zero-order valence-electron chi connectivity index (χ0n) is 12.9. The lowest BCUT2D eigenvalue weighted by molar-refractivity contribution is -0.145. The van der Waals surface area contributed by atoms with E-state index in [0.29, 0.717) is 25.5 Å². The predicted octanol–water partition coefficient (Wildman–Crippen LogP) is 1.14. The van der Waals surface area contributed by atoms with E-state index in [0.717, 1.165) is 38.6 Å². The number of rotatable bonds is 11. The third-order valence-corrected chi connectivity index (χ3v) is 2.84. The summed E-state index contributed by atoms with van der Waals surface area (Å²) in [6.45, 7) is 6.03. The molecule has 1 unspecified atom stereocenters. The lowest BCUT2D eigenvalue weighted by Gasteiger charge is -2.10. The van der Waals surface area contributed by atoms with Crippen molar-refractivity contribution in [1.82, 2.24) is 5.32 Å². The first kappa shape index (κ1) is 18.7. The first-order valence-corrected chi connectivity index (χ1v) is 7.57. The second-order valence-electron chi connectivity index (χ2n) is 4.82. The molecule has 6 heteroatoms. The van der Waals surface area contributed by atoms with Crippen LogP contribution in [0.2, 0.25) is 0 Å². The average Bonchev–Trinajstić information content (AvgIpc) is 2.43. The van der Waals surface area contributed by atoms with Crippen molar-refractivity contribution in [3.05, 3.63) is 0 Å². The fourth-order valence-corrected chi connectivity index (χ4v) is 1.50. The lowest BCUT2D eigenvalue weighted by atomic mass is 10.2. The van der Waals surface area contributed by atoms with Gasteiger partial charge in [-0.1, -0.05) is 26.7 Å². The van der Waals surface area contributed by atoms with E-state index in [9.17, 15) is 4.79 Å². The van der Waals surface area contributed by atoms with Gasteiger partial charge in [0, 0.05) is 13.1 Å². The highest BCUT2D eigenvalue weighted by molar-refractivity contribution is 5.77. The van der Waals surface area contributed by atoms with Crippen molar-refractivity contribution in [1.29, 1.82) is 0 Å². The van der Waals surface area contributed by atoms with Crippen molar-refractivity contribution in [2.45, 2.75) is 58.4 Å². The van der Waals surface area contributed by atoms with Gasteiger partial charge in [0.25, 0.3) is 0 Å². The quantitative estimate of drug-likeness (QED) is 0.229. The van der Waals surface area contributed by atoms with Crippen molar-refractivity contribution in [3.8, 4) is 0 Å². The van der Waals surface area contributed by atoms with Crippen LogP contribution in [0.4, 0.5) is 0 Å². The third kappa shape index (κ3) is 10.6. The van der Waals surface area contributed by atoms with Crippen molar-refractivity contribution < 1.29 is 9.53 Å². The highest BCUT2D eigenvalue weighted by atomic mass is 16.5. The van der Waals surface area contributed by atoms with Crippen LogP contribution in [0.1, 0.15) is 52.4 Å². The van der Waals surface area contributed by atoms with E-state index in [1.807, 2.05) is 6.92 Å². The van der Waals surface area contributed by atoms with Gasteiger partial charge in [-0.2, -0.15) is 0 Å². The molecule has 0 aliphatic heterocycles. The lowest BCUT2D eigenvalue weighted by Crippen LogP contribution is -2.33. The molecule has 0 aliphatic rings. The van der Waals surface area contributed by atoms with Gasteiger partial charge in [-0.15, -0.1) is 0 Å². The van der Waals surface area contributed by atoms with Crippen LogP contribution < -0.4 is 16.8 Å². The van der Waals surface area contributed by atoms with E-state index < -0.39 is 6.04 Å². The number of esters is 1. The Kier molecular flexibility index (Phi) is 11.9. The van der Waals surface area contributed by atoms with E-state index in [4.69, 9.17) is 16.2 Å². The first-order chi connectivity index (χ1) is 9.61. The van der Waals surface area contributed by atoms with Crippen molar-refractivity contribution in [2.24, 2.45) is 16.5 Å². The first-order valence-electron chi connectivity index (χ1n) is 7.57. The van der Waals surface area contributed by atoms with Crippen LogP contribution in [0.3, 0.4) is 0 Å². The Hall–Kier alpha value is -1.30. The number of nitrogens with two attached hydrogens (primary N) is 2. The number of unbranched alkanes of at least 4 members (excludes halogenated alkanes) is 2. The monoisotopic (exact) mass is 286 g/mol. The van der Waals surface area contributed by atoms with Crippen LogP contribution in [0, 0.1) is 0 Å². The molecule has 0 aromatic heterocycles. The molecule has 5 N–H and O–H groups in total. The zero-order valence-corrected chi connectivity index (χ0v) is 12.9. The Balaban J connectivity index is 3.66. The van der Waals surface area contributed by atoms with E-state index in [1.54, 1.807) is 0 Å². The minimum Gasteiger partial charge on any atom is -0.465 e. The van der Waals surface area contributed by atoms with Crippen LogP contribution in [0.25, 0.3) is 0 Å². The van der Waals surface area contributed by atoms with Crippen molar-refractivity contribution in [3.63, 3.8) is 0 Å². The minimum atomic E-state index is -0.559. The maximum Gasteiger partial charge on any atom is 0.322 e. The highest BCUT2D eigenvalue weighted by Crippen LogP contribution is 1.99. The van der Waals surface area contributed by atoms with Crippen molar-refractivity contribution >= 4 is 11.9 Å². The van der Waals surface area contributed by atoms with Gasteiger partial charge >= 0.3 is 5.97 Å². The maximum absolute atomic E-state index is 11.5. The molecule has 0 bridgehead atoms. The molecule has 1 atom stereocenters. The molecule has 0 radical (unpaired) electrons. The standard InChI is InChI=1S/C14H30N4O2/c1-3-5-9-17-14(16)18-10-7-8-12(15)13(19)20-11-6-4-2/h12H,3-11,15H2,1-2H3,(H3,16,17,18). The Bertz CT molecular complexity index is 282. The van der Waals surface area contributed by atoms with Gasteiger partial charge in [-0.3, -0.25) is 9.79 Å². The molecule has 0 amide bonds. The molecule has 6 nitrogen and oxygen atoms in total. The molecular formula is C14H30N4O2. The number of nitrogens with one attached hydrogen (secondary N) is 1. The number of nitrogens with zero attached hydrogens (tertiary/aromatic N) is 1. The van der Waals surface area contributed by atoms with Gasteiger partial charge in [0.15, 0.2) is 5.96 Å². The second kappa shape index (κ2) is 12.7. The molecular weight excluding hydrogens is 256 g/mol. The van der Waals surface area contributed by atoms with Crippen LogP contribution in [0.5, 0.6) is 0 Å². The van der Waals surface area contributed by atoms with Gasteiger partial charge in [0.2, 0.25) is 0 Å². The van der Waals surface area contributed by atoms with Crippen LogP contribution in [0.15, 0.2) is 4.99 Å². The van der Waals surface area contributed by atoms with Crippen LogP contribution >= 0.6 is 0 Å². The van der Waals surface area contributed by atoms with Crippen LogP contribution in [-0.4, -0.2) is 37.7 Å². The molecule has 0 rings (SSSR count). The SMILES string of the molecule is CCCCNC(N)=NCCCC(N)C(=O)OCCCC. The number of aliphatic imine (C=N–C) groups is 1. The Labute approximate surface area is 122 Å². The highest BCUT2D eigenvalue weighted by Gasteiger charge is 2.13. The summed E-state index contributed by atoms with van der Waals surface area (Å²) in [6.07, 6.45) is 5.36. The zero-order chi connectivity index (χ0) is 15.2. The van der Waals surface area contributed by atoms with Crippen molar-refractivity contribution in [2.75, 3.05) is 19.7 Å². The second-order valence-corrected chi connectivity index (χ2v) is 4.82. The van der Waals surface area contributed by atoms with E-state index in [2.05, 4.69) is 17.2 Å². The van der Waals surface area contributed by atoms with Gasteiger partial charge in [0.1, 0.15) is 6.04 Å². The number of ether oxygens (including phenoxy) is 1. The molecule has 0 aromatic carbocycles. The van der Waals surface area contributed by atoms with Gasteiger partial charge in [-0.25, -0.2) is 0 Å². The van der Waals surface area contributed by atoms with Gasteiger partial charge in [0.05, 0.1) is 6.61 Å². The maximum atomic E-state index is 11.5. The summed E-state index contributed by atoms with van der Waals surface area (Å²) < 4.78 is 5.05. The molecule has 0 fully saturated rings. The number of carbonyl (C=O) groups is 1. The van der Waals surface area contributed by atoms with E-state index >= 15 is 0 Å². The predicted molar refractivity (Wildman–Crippen MR) is 82.5 cm³/mol. The number of hydrogen-bond acceptors (Lipinski definition) is 4. The van der Waals surface area contributed by atoms with Crippen LogP contribution in [-0.2, 0) is 9.53 Å². The molecule has 0 heterocycles. The molecule has 20 heavy (non-hydrogen) atoms. The molecule has 0 spiro atoms. The molecule has 118 valence electrons. The normalized spacial score (nSPS) is 13.1. The largest absolute Gasteiger partial charge is 0.465 e. The fourth-order valence-electron chi connectivity index (χ4n) is 1.50. The Morgan fingerprint density at radius 2 is 1.95 bits per heavy atom. The van der Waals surface area contributed by atoms with E-state index in [1.165, 1.54) is 0 Å². The molecule has 0 aromatic rings. The summed E-state index contributed by atoms with van der Waals surface area (Å²) in [7, 11) is 0. The summed E-state index contributed by atoms with van der Waals surface area (Å²) in [5, 5.41) is 3.03. The van der Waals surface area contributed by atoms with E-state index in [-0.39, 0.29) is 5.97 Å². The summed E-state index contributed by atoms with van der Waals surface area (Å²) in [4.78, 5) is 15.7. The fraction of sp³-hybridized carbons (Fsp3) is 0.857. The number of carbonyl (C=O) groups excluding carboxylic acids is 1. The number of hydrogen-bond donors (Lipinski definition) is 3. The minimum absolute atomic E-state index is 0.323. The third-order valence-electron chi connectivity index (χ3n) is 2.84. The topological polar surface area (TPSA) is 103 Å². The molecule has 0 saturated heterocycles. The smallest absolute Gasteiger partial charge is 0.322 e. The molecule has 0 saturated carbocycles. The Morgan fingerprint density at radius 3 is 2.60 bits per heavy atom. The number of guanidine groups is 1. The van der Waals surface area contributed by atoms with Gasteiger partial charge < -0.3 is 21.5 Å². The average molecular weight is 286 g/mol. The molecule has 0 aliphatic carbocycles. The summed E-state index contributed by atoms with van der Waals surface area (Å²) in [5.41, 5.74) is 11.4. The summed E-state index contributed by atoms with van der Waals surface area (Å²) in [6, 6.07) is -0.559. The Morgan fingerprint density at radius 1 is 1.25 bits per heavy atom. The summed E-state index contributed by atoms with van der Waals surface area (Å²) >= 11 is 0. The van der Waals surface area contributed by atoms with Gasteiger partial charge in [-0.05, 0) is 25.7 Å².